The number of rotatable bonds is 3. The van der Waals surface area contributed by atoms with E-state index in [1.807, 2.05) is 30.3 Å². The molecule has 0 N–H and O–H groups in total. The van der Waals surface area contributed by atoms with Gasteiger partial charge >= 0.3 is 5.97 Å². The molecule has 1 aliphatic heterocycles. The number of fused-ring (bicyclic) bond motifs is 2. The topological polar surface area (TPSA) is 46.6 Å². The second-order valence-corrected chi connectivity index (χ2v) is 9.34. The summed E-state index contributed by atoms with van der Waals surface area (Å²) in [7, 11) is 0. The fourth-order valence-corrected chi connectivity index (χ4v) is 5.71. The van der Waals surface area contributed by atoms with Crippen LogP contribution in [0, 0.1) is 0 Å². The highest BCUT2D eigenvalue weighted by Gasteiger charge is 2.26. The number of esters is 1. The summed E-state index contributed by atoms with van der Waals surface area (Å²) in [4.78, 5) is 29.8. The fourth-order valence-electron chi connectivity index (χ4n) is 3.45. The lowest BCUT2D eigenvalue weighted by molar-refractivity contribution is -0.121. The summed E-state index contributed by atoms with van der Waals surface area (Å²) >= 11 is 3.30. The molecule has 0 fully saturated rings. The van der Waals surface area contributed by atoms with E-state index in [1.54, 1.807) is 16.7 Å². The van der Waals surface area contributed by atoms with Crippen LogP contribution in [0.3, 0.4) is 0 Å². The van der Waals surface area contributed by atoms with Gasteiger partial charge in [-0.15, -0.1) is 23.1 Å². The largest absolute Gasteiger partial charge is 0.451 e. The van der Waals surface area contributed by atoms with Crippen molar-refractivity contribution in [3.8, 4) is 0 Å². The third kappa shape index (κ3) is 3.53. The van der Waals surface area contributed by atoms with Crippen molar-refractivity contribution in [3.05, 3.63) is 45.6 Å². The summed E-state index contributed by atoms with van der Waals surface area (Å²) < 4.78 is 5.34. The highest BCUT2D eigenvalue weighted by atomic mass is 32.2. The molecule has 1 amide bonds. The van der Waals surface area contributed by atoms with Crippen molar-refractivity contribution in [3.63, 3.8) is 0 Å². The van der Waals surface area contributed by atoms with E-state index in [-0.39, 0.29) is 18.5 Å². The maximum Gasteiger partial charge on any atom is 0.348 e. The molecule has 6 heteroatoms. The van der Waals surface area contributed by atoms with Crippen LogP contribution in [0.2, 0.25) is 0 Å². The number of carbonyl (C=O) groups excluding carboxylic acids is 2. The Balaban J connectivity index is 1.43. The second-order valence-electron chi connectivity index (χ2n) is 6.72. The first kappa shape index (κ1) is 17.6. The smallest absolute Gasteiger partial charge is 0.348 e. The number of amides is 1. The number of thioether (sulfide) groups is 1. The van der Waals surface area contributed by atoms with Gasteiger partial charge in [-0.2, -0.15) is 0 Å². The van der Waals surface area contributed by atoms with Crippen molar-refractivity contribution in [1.82, 2.24) is 0 Å². The standard InChI is InChI=1S/C20H21NO3S2/c1-13-9-10-21(15-6-2-3-7-17(15)25-13)19(22)12-24-20(23)18-11-14-5-4-8-16(14)26-18/h2-3,6-7,11,13H,4-5,8-10,12H2,1H3/t13-/m0/s1. The van der Waals surface area contributed by atoms with E-state index in [0.717, 1.165) is 29.8 Å². The van der Waals surface area contributed by atoms with Gasteiger partial charge in [0.1, 0.15) is 4.88 Å². The molecule has 0 spiro atoms. The predicted octanol–water partition coefficient (Wildman–Crippen LogP) is 4.31. The van der Waals surface area contributed by atoms with Crippen LogP contribution < -0.4 is 4.90 Å². The van der Waals surface area contributed by atoms with Gasteiger partial charge in [0.05, 0.1) is 5.69 Å². The molecule has 1 aromatic heterocycles. The summed E-state index contributed by atoms with van der Waals surface area (Å²) in [5.74, 6) is -0.548. The van der Waals surface area contributed by atoms with Crippen LogP contribution in [0.1, 0.15) is 39.9 Å². The molecule has 0 bridgehead atoms. The maximum atomic E-state index is 12.7. The number of ether oxygens (including phenoxy) is 1. The molecule has 26 heavy (non-hydrogen) atoms. The zero-order valence-electron chi connectivity index (χ0n) is 14.7. The van der Waals surface area contributed by atoms with E-state index >= 15 is 0 Å². The van der Waals surface area contributed by atoms with Crippen molar-refractivity contribution in [2.75, 3.05) is 18.1 Å². The molecule has 0 saturated heterocycles. The van der Waals surface area contributed by atoms with E-state index in [0.29, 0.717) is 16.7 Å². The lowest BCUT2D eigenvalue weighted by Crippen LogP contribution is -2.35. The van der Waals surface area contributed by atoms with E-state index in [2.05, 4.69) is 6.92 Å². The van der Waals surface area contributed by atoms with Crippen molar-refractivity contribution in [2.24, 2.45) is 0 Å². The molecular formula is C20H21NO3S2. The van der Waals surface area contributed by atoms with Crippen LogP contribution in [0.5, 0.6) is 0 Å². The Morgan fingerprint density at radius 2 is 2.12 bits per heavy atom. The molecule has 136 valence electrons. The summed E-state index contributed by atoms with van der Waals surface area (Å²) in [5.41, 5.74) is 2.18. The highest BCUT2D eigenvalue weighted by Crippen LogP contribution is 2.37. The van der Waals surface area contributed by atoms with E-state index in [4.69, 9.17) is 4.74 Å². The lowest BCUT2D eigenvalue weighted by atomic mass is 10.2. The van der Waals surface area contributed by atoms with Crippen LogP contribution in [0.25, 0.3) is 0 Å². The van der Waals surface area contributed by atoms with Gasteiger partial charge in [0, 0.05) is 21.6 Å². The van der Waals surface area contributed by atoms with Gasteiger partial charge in [0.15, 0.2) is 6.61 Å². The molecule has 2 aliphatic rings. The molecule has 0 saturated carbocycles. The van der Waals surface area contributed by atoms with Crippen molar-refractivity contribution in [1.29, 1.82) is 0 Å². The number of para-hydroxylation sites is 1. The number of carbonyl (C=O) groups is 2. The summed E-state index contributed by atoms with van der Waals surface area (Å²) in [6.45, 7) is 2.61. The van der Waals surface area contributed by atoms with E-state index in [9.17, 15) is 9.59 Å². The molecule has 4 nitrogen and oxygen atoms in total. The second kappa shape index (κ2) is 7.45. The first-order valence-corrected chi connectivity index (χ1v) is 10.7. The Kier molecular flexibility index (Phi) is 5.05. The first-order valence-electron chi connectivity index (χ1n) is 8.96. The molecule has 2 heterocycles. The Hall–Kier alpha value is -1.79. The van der Waals surface area contributed by atoms with Crippen LogP contribution in [-0.4, -0.2) is 30.3 Å². The van der Waals surface area contributed by atoms with Crippen molar-refractivity contribution >= 4 is 40.7 Å². The molecule has 0 radical (unpaired) electrons. The molecular weight excluding hydrogens is 366 g/mol. The summed E-state index contributed by atoms with van der Waals surface area (Å²) in [6.07, 6.45) is 4.17. The molecule has 1 aromatic carbocycles. The Bertz CT molecular complexity index is 824. The number of thiophene rings is 1. The molecule has 1 atom stereocenters. The monoisotopic (exact) mass is 387 g/mol. The molecule has 4 rings (SSSR count). The van der Waals surface area contributed by atoms with Gasteiger partial charge in [0.25, 0.3) is 5.91 Å². The third-order valence-electron chi connectivity index (χ3n) is 4.82. The number of hydrogen-bond acceptors (Lipinski definition) is 5. The Morgan fingerprint density at radius 3 is 2.96 bits per heavy atom. The summed E-state index contributed by atoms with van der Waals surface area (Å²) in [6, 6.07) is 9.86. The number of hydrogen-bond donors (Lipinski definition) is 0. The normalized spacial score (nSPS) is 18.8. The SMILES string of the molecule is C[C@H]1CCN(C(=O)COC(=O)c2cc3c(s2)CCC3)c2ccccc2S1. The minimum absolute atomic E-state index is 0.162. The van der Waals surface area contributed by atoms with Gasteiger partial charge in [-0.25, -0.2) is 4.79 Å². The first-order chi connectivity index (χ1) is 12.6. The Morgan fingerprint density at radius 1 is 1.27 bits per heavy atom. The van der Waals surface area contributed by atoms with Gasteiger partial charge in [-0.3, -0.25) is 4.79 Å². The van der Waals surface area contributed by atoms with Gasteiger partial charge in [-0.1, -0.05) is 19.1 Å². The minimum Gasteiger partial charge on any atom is -0.451 e. The average molecular weight is 388 g/mol. The quantitative estimate of drug-likeness (QED) is 0.736. The Labute approximate surface area is 161 Å². The van der Waals surface area contributed by atoms with Crippen LogP contribution in [-0.2, 0) is 22.4 Å². The third-order valence-corrected chi connectivity index (χ3v) is 7.27. The minimum atomic E-state index is -0.386. The van der Waals surface area contributed by atoms with Crippen molar-refractivity contribution < 1.29 is 14.3 Å². The van der Waals surface area contributed by atoms with Crippen LogP contribution >= 0.6 is 23.1 Å². The van der Waals surface area contributed by atoms with Crippen LogP contribution in [0.15, 0.2) is 35.2 Å². The number of aryl methyl sites for hydroxylation is 2. The van der Waals surface area contributed by atoms with Gasteiger partial charge in [-0.05, 0) is 49.4 Å². The van der Waals surface area contributed by atoms with E-state index in [1.165, 1.54) is 28.2 Å². The average Bonchev–Trinajstić information content (AvgIpc) is 3.18. The van der Waals surface area contributed by atoms with Crippen LogP contribution in [0.4, 0.5) is 5.69 Å². The fraction of sp³-hybridized carbons (Fsp3) is 0.400. The van der Waals surface area contributed by atoms with Gasteiger partial charge in [0.2, 0.25) is 0 Å². The predicted molar refractivity (Wildman–Crippen MR) is 105 cm³/mol. The number of nitrogens with zero attached hydrogens (tertiary/aromatic N) is 1. The zero-order chi connectivity index (χ0) is 18.1. The number of benzene rings is 1. The molecule has 0 unspecified atom stereocenters. The maximum absolute atomic E-state index is 12.7. The van der Waals surface area contributed by atoms with Crippen molar-refractivity contribution in [2.45, 2.75) is 42.8 Å². The van der Waals surface area contributed by atoms with E-state index < -0.39 is 0 Å². The highest BCUT2D eigenvalue weighted by molar-refractivity contribution is 8.00. The molecule has 1 aliphatic carbocycles. The lowest BCUT2D eigenvalue weighted by Gasteiger charge is -2.22. The molecule has 2 aromatic rings. The zero-order valence-corrected chi connectivity index (χ0v) is 16.3. The van der Waals surface area contributed by atoms with Gasteiger partial charge < -0.3 is 9.64 Å². The summed E-state index contributed by atoms with van der Waals surface area (Å²) in [5, 5.41) is 0.449. The number of anilines is 1.